The van der Waals surface area contributed by atoms with Crippen LogP contribution in [0.3, 0.4) is 0 Å². The lowest BCUT2D eigenvalue weighted by Gasteiger charge is -2.32. The number of hydrogen-bond acceptors (Lipinski definition) is 6. The molecule has 10 heteroatoms. The molecule has 0 spiro atoms. The summed E-state index contributed by atoms with van der Waals surface area (Å²) in [6.07, 6.45) is 3.21. The first-order valence-electron chi connectivity index (χ1n) is 13.5. The normalized spacial score (nSPS) is 27.8. The molecule has 0 N–H and O–H groups in total. The average Bonchev–Trinajstić information content (AvgIpc) is 3.37. The Hall–Kier alpha value is -2.98. The van der Waals surface area contributed by atoms with Crippen LogP contribution in [-0.2, 0) is 24.4 Å². The molecular weight excluding hydrogens is 504 g/mol. The van der Waals surface area contributed by atoms with Gasteiger partial charge < -0.3 is 9.80 Å². The van der Waals surface area contributed by atoms with Crippen LogP contribution in [0.15, 0.2) is 41.3 Å². The first-order chi connectivity index (χ1) is 18.1. The largest absolute Gasteiger partial charge is 0.378 e. The monoisotopic (exact) mass is 538 g/mol. The highest BCUT2D eigenvalue weighted by Gasteiger charge is 2.57. The third-order valence-corrected chi connectivity index (χ3v) is 10.7. The van der Waals surface area contributed by atoms with Crippen molar-refractivity contribution in [2.24, 2.45) is 11.8 Å². The van der Waals surface area contributed by atoms with E-state index in [0.29, 0.717) is 31.2 Å². The summed E-state index contributed by atoms with van der Waals surface area (Å²) in [6, 6.07) is 9.39. The molecule has 3 aliphatic heterocycles. The van der Waals surface area contributed by atoms with E-state index in [1.807, 2.05) is 43.3 Å². The van der Waals surface area contributed by atoms with Gasteiger partial charge in [0.25, 0.3) is 0 Å². The number of sulfonamides is 1. The summed E-state index contributed by atoms with van der Waals surface area (Å²) in [6.45, 7) is 2.48. The SMILES string of the molecule is C[C@@H]1C(=O)N(C(=O)C2CC2)[C@H]2CCN(C(=O)[C@@H]3CCCN3S(=O)(=O)c3cccc4cc(N(C)C)ccc34)[C@H]12. The molecule has 0 aromatic heterocycles. The third-order valence-electron chi connectivity index (χ3n) is 8.75. The van der Waals surface area contributed by atoms with Gasteiger partial charge in [0.2, 0.25) is 27.7 Å². The lowest BCUT2D eigenvalue weighted by molar-refractivity contribution is -0.146. The van der Waals surface area contributed by atoms with Gasteiger partial charge in [-0.15, -0.1) is 0 Å². The number of fused-ring (bicyclic) bond motifs is 2. The van der Waals surface area contributed by atoms with Gasteiger partial charge >= 0.3 is 0 Å². The number of amides is 3. The summed E-state index contributed by atoms with van der Waals surface area (Å²) in [5.74, 6) is -1.13. The van der Waals surface area contributed by atoms with Crippen molar-refractivity contribution in [1.82, 2.24) is 14.1 Å². The van der Waals surface area contributed by atoms with Crippen LogP contribution in [-0.4, -0.2) is 85.6 Å². The highest BCUT2D eigenvalue weighted by molar-refractivity contribution is 7.89. The molecule has 4 fully saturated rings. The fourth-order valence-corrected chi connectivity index (χ4v) is 8.47. The predicted octanol–water partition coefficient (Wildman–Crippen LogP) is 2.44. The molecule has 9 nitrogen and oxygen atoms in total. The maximum atomic E-state index is 14.0. The second kappa shape index (κ2) is 9.05. The zero-order chi connectivity index (χ0) is 26.9. The molecule has 1 saturated carbocycles. The average molecular weight is 539 g/mol. The fourth-order valence-electron chi connectivity index (χ4n) is 6.61. The number of anilines is 1. The molecule has 2 aromatic carbocycles. The van der Waals surface area contributed by atoms with Crippen molar-refractivity contribution in [3.8, 4) is 0 Å². The zero-order valence-electron chi connectivity index (χ0n) is 22.0. The molecule has 4 aliphatic rings. The van der Waals surface area contributed by atoms with Crippen LogP contribution in [0.2, 0.25) is 0 Å². The number of benzene rings is 2. The van der Waals surface area contributed by atoms with Gasteiger partial charge in [0.05, 0.1) is 22.9 Å². The van der Waals surface area contributed by atoms with Gasteiger partial charge in [0.1, 0.15) is 6.04 Å². The predicted molar refractivity (Wildman–Crippen MR) is 143 cm³/mol. The van der Waals surface area contributed by atoms with Crippen molar-refractivity contribution in [3.63, 3.8) is 0 Å². The number of imide groups is 1. The van der Waals surface area contributed by atoms with E-state index in [-0.39, 0.29) is 41.1 Å². The Bertz CT molecular complexity index is 1440. The van der Waals surface area contributed by atoms with Crippen molar-refractivity contribution in [3.05, 3.63) is 36.4 Å². The second-order valence-electron chi connectivity index (χ2n) is 11.3. The molecule has 0 bridgehead atoms. The second-order valence-corrected chi connectivity index (χ2v) is 13.2. The molecular formula is C28H34N4O5S. The van der Waals surface area contributed by atoms with Gasteiger partial charge in [-0.1, -0.05) is 25.1 Å². The van der Waals surface area contributed by atoms with E-state index in [0.717, 1.165) is 23.9 Å². The maximum Gasteiger partial charge on any atom is 0.244 e. The highest BCUT2D eigenvalue weighted by atomic mass is 32.2. The number of hydrogen-bond donors (Lipinski definition) is 0. The van der Waals surface area contributed by atoms with Gasteiger partial charge in [-0.25, -0.2) is 8.42 Å². The standard InChI is InChI=1S/C28H34N4O5S/c1-17-25-22(32(26(17)33)27(34)18-9-10-18)13-15-30(25)28(35)23-7-5-14-31(23)38(36,37)24-8-4-6-19-16-20(29(2)3)11-12-21(19)24/h4,6,8,11-12,16-18,22-23,25H,5,7,9-10,13-15H2,1-3H3/t17-,22-,23-,25+/m0/s1. The van der Waals surface area contributed by atoms with E-state index in [2.05, 4.69) is 0 Å². The molecule has 38 heavy (non-hydrogen) atoms. The van der Waals surface area contributed by atoms with E-state index < -0.39 is 28.0 Å². The lowest BCUT2D eigenvalue weighted by atomic mass is 10.0. The number of likely N-dealkylation sites (tertiary alicyclic amines) is 2. The molecule has 4 atom stereocenters. The van der Waals surface area contributed by atoms with Crippen molar-refractivity contribution in [1.29, 1.82) is 0 Å². The van der Waals surface area contributed by atoms with E-state index in [1.54, 1.807) is 24.0 Å². The van der Waals surface area contributed by atoms with E-state index in [4.69, 9.17) is 0 Å². The van der Waals surface area contributed by atoms with Crippen molar-refractivity contribution >= 4 is 44.2 Å². The topological polar surface area (TPSA) is 98.3 Å². The molecule has 3 heterocycles. The first-order valence-corrected chi connectivity index (χ1v) is 14.9. The smallest absolute Gasteiger partial charge is 0.244 e. The van der Waals surface area contributed by atoms with E-state index >= 15 is 0 Å². The van der Waals surface area contributed by atoms with Crippen molar-refractivity contribution in [2.45, 2.75) is 62.0 Å². The molecule has 0 unspecified atom stereocenters. The van der Waals surface area contributed by atoms with Crippen LogP contribution in [0, 0.1) is 11.8 Å². The van der Waals surface area contributed by atoms with Crippen LogP contribution in [0.4, 0.5) is 5.69 Å². The summed E-state index contributed by atoms with van der Waals surface area (Å²) in [4.78, 5) is 45.1. The van der Waals surface area contributed by atoms with Gasteiger partial charge in [0, 0.05) is 44.2 Å². The van der Waals surface area contributed by atoms with Gasteiger partial charge in [-0.05, 0) is 55.7 Å². The summed E-state index contributed by atoms with van der Waals surface area (Å²) >= 11 is 0. The zero-order valence-corrected chi connectivity index (χ0v) is 22.9. The number of carbonyl (C=O) groups is 3. The van der Waals surface area contributed by atoms with Gasteiger partial charge in [0.15, 0.2) is 0 Å². The van der Waals surface area contributed by atoms with Gasteiger partial charge in [-0.3, -0.25) is 19.3 Å². The van der Waals surface area contributed by atoms with Crippen molar-refractivity contribution < 1.29 is 22.8 Å². The minimum atomic E-state index is -3.95. The Morgan fingerprint density at radius 1 is 0.974 bits per heavy atom. The molecule has 3 saturated heterocycles. The van der Waals surface area contributed by atoms with Crippen LogP contribution in [0.5, 0.6) is 0 Å². The first kappa shape index (κ1) is 25.3. The minimum Gasteiger partial charge on any atom is -0.378 e. The summed E-state index contributed by atoms with van der Waals surface area (Å²) in [5, 5.41) is 1.45. The fraction of sp³-hybridized carbons (Fsp3) is 0.536. The molecule has 202 valence electrons. The van der Waals surface area contributed by atoms with E-state index in [1.165, 1.54) is 9.21 Å². The highest BCUT2D eigenvalue weighted by Crippen LogP contribution is 2.42. The molecule has 3 amide bonds. The Morgan fingerprint density at radius 3 is 2.45 bits per heavy atom. The molecule has 6 rings (SSSR count). The van der Waals surface area contributed by atoms with Crippen LogP contribution in [0.1, 0.15) is 39.0 Å². The summed E-state index contributed by atoms with van der Waals surface area (Å²) < 4.78 is 29.4. The van der Waals surface area contributed by atoms with Crippen LogP contribution >= 0.6 is 0 Å². The Kier molecular flexibility index (Phi) is 6.03. The van der Waals surface area contributed by atoms with Gasteiger partial charge in [-0.2, -0.15) is 4.31 Å². The number of rotatable bonds is 5. The number of nitrogens with zero attached hydrogens (tertiary/aromatic N) is 4. The minimum absolute atomic E-state index is 0.0698. The van der Waals surface area contributed by atoms with Crippen LogP contribution < -0.4 is 4.90 Å². The summed E-state index contributed by atoms with van der Waals surface area (Å²) in [5.41, 5.74) is 0.972. The number of carbonyl (C=O) groups excluding carboxylic acids is 3. The molecule has 1 aliphatic carbocycles. The summed E-state index contributed by atoms with van der Waals surface area (Å²) in [7, 11) is -0.0840. The quantitative estimate of drug-likeness (QED) is 0.543. The van der Waals surface area contributed by atoms with E-state index in [9.17, 15) is 22.8 Å². The Morgan fingerprint density at radius 2 is 1.74 bits per heavy atom. The van der Waals surface area contributed by atoms with Crippen molar-refractivity contribution in [2.75, 3.05) is 32.1 Å². The molecule has 2 aromatic rings. The van der Waals surface area contributed by atoms with Crippen LogP contribution in [0.25, 0.3) is 10.8 Å². The lowest BCUT2D eigenvalue weighted by Crippen LogP contribution is -2.51. The Balaban J connectivity index is 1.29. The third kappa shape index (κ3) is 3.83. The Labute approximate surface area is 223 Å². The molecule has 0 radical (unpaired) electrons. The maximum absolute atomic E-state index is 14.0.